The highest BCUT2D eigenvalue weighted by Gasteiger charge is 2.46. The molecule has 3 rings (SSSR count). The Kier molecular flexibility index (Phi) is 4.41. The first kappa shape index (κ1) is 17.6. The highest BCUT2D eigenvalue weighted by Crippen LogP contribution is 2.41. The Labute approximate surface area is 148 Å². The van der Waals surface area contributed by atoms with Crippen LogP contribution in [0.1, 0.15) is 52.0 Å². The summed E-state index contributed by atoms with van der Waals surface area (Å²) in [7, 11) is 0. The molecule has 25 heavy (non-hydrogen) atoms. The molecular formula is C21H25NO3. The van der Waals surface area contributed by atoms with Gasteiger partial charge in [-0.15, -0.1) is 0 Å². The Morgan fingerprint density at radius 1 is 1.32 bits per heavy atom. The van der Waals surface area contributed by atoms with E-state index in [-0.39, 0.29) is 17.6 Å². The van der Waals surface area contributed by atoms with Crippen LogP contribution < -0.4 is 5.32 Å². The first-order valence-corrected chi connectivity index (χ1v) is 8.78. The van der Waals surface area contributed by atoms with Crippen LogP contribution in [0.15, 0.2) is 47.6 Å². The number of carbonyl (C=O) groups is 2. The second-order valence-electron chi connectivity index (χ2n) is 7.77. The normalized spacial score (nSPS) is 25.2. The Hall–Kier alpha value is -2.20. The Bertz CT molecular complexity index is 788. The summed E-state index contributed by atoms with van der Waals surface area (Å²) < 4.78 is 0. The van der Waals surface area contributed by atoms with Gasteiger partial charge in [-0.3, -0.25) is 9.59 Å². The summed E-state index contributed by atoms with van der Waals surface area (Å²) in [6.45, 7) is 6.49. The lowest BCUT2D eigenvalue weighted by Gasteiger charge is -2.32. The second kappa shape index (κ2) is 6.26. The largest absolute Gasteiger partial charge is 0.375 e. The average Bonchev–Trinajstić information content (AvgIpc) is 2.77. The second-order valence-corrected chi connectivity index (χ2v) is 7.77. The summed E-state index contributed by atoms with van der Waals surface area (Å²) >= 11 is 0. The molecule has 4 nitrogen and oxygen atoms in total. The van der Waals surface area contributed by atoms with E-state index in [1.807, 2.05) is 6.08 Å². The molecule has 2 N–H and O–H groups in total. The molecule has 1 heterocycles. The van der Waals surface area contributed by atoms with Gasteiger partial charge in [0.2, 0.25) is 0 Å². The van der Waals surface area contributed by atoms with Crippen LogP contribution in [-0.4, -0.2) is 16.8 Å². The van der Waals surface area contributed by atoms with Gasteiger partial charge < -0.3 is 10.4 Å². The van der Waals surface area contributed by atoms with Gasteiger partial charge >= 0.3 is 0 Å². The van der Waals surface area contributed by atoms with Crippen LogP contribution in [0.5, 0.6) is 0 Å². The maximum atomic E-state index is 12.5. The number of para-hydroxylation sites is 1. The number of aliphatic hydroxyl groups is 1. The maximum Gasteiger partial charge on any atom is 0.261 e. The monoisotopic (exact) mass is 339 g/mol. The van der Waals surface area contributed by atoms with Crippen LogP contribution in [0.4, 0.5) is 5.69 Å². The predicted molar refractivity (Wildman–Crippen MR) is 98.1 cm³/mol. The molecule has 1 amide bonds. The quantitative estimate of drug-likeness (QED) is 0.819. The topological polar surface area (TPSA) is 66.4 Å². The molecule has 1 aromatic rings. The lowest BCUT2D eigenvalue weighted by molar-refractivity contribution is -0.138. The van der Waals surface area contributed by atoms with Gasteiger partial charge in [0.1, 0.15) is 0 Å². The van der Waals surface area contributed by atoms with Crippen LogP contribution in [0.3, 0.4) is 0 Å². The van der Waals surface area contributed by atoms with E-state index in [1.54, 1.807) is 24.3 Å². The van der Waals surface area contributed by atoms with E-state index >= 15 is 0 Å². The minimum atomic E-state index is -1.79. The molecule has 1 atom stereocenters. The zero-order valence-corrected chi connectivity index (χ0v) is 15.1. The van der Waals surface area contributed by atoms with Gasteiger partial charge in [-0.05, 0) is 49.3 Å². The molecule has 1 aliphatic heterocycles. The van der Waals surface area contributed by atoms with Gasteiger partial charge in [0.15, 0.2) is 11.4 Å². The number of anilines is 1. The molecule has 4 heteroatoms. The molecule has 1 aromatic carbocycles. The molecule has 132 valence electrons. The lowest BCUT2D eigenvalue weighted by atomic mass is 9.72. The van der Waals surface area contributed by atoms with Crippen molar-refractivity contribution in [1.29, 1.82) is 0 Å². The Balaban J connectivity index is 1.80. The summed E-state index contributed by atoms with van der Waals surface area (Å²) in [5, 5.41) is 13.4. The molecule has 0 bridgehead atoms. The highest BCUT2D eigenvalue weighted by atomic mass is 16.3. The zero-order valence-electron chi connectivity index (χ0n) is 15.1. The van der Waals surface area contributed by atoms with Crippen molar-refractivity contribution in [2.75, 3.05) is 5.32 Å². The summed E-state index contributed by atoms with van der Waals surface area (Å²) in [6, 6.07) is 6.95. The zero-order chi connectivity index (χ0) is 18.2. The van der Waals surface area contributed by atoms with Crippen LogP contribution in [0, 0.1) is 5.41 Å². The standard InChI is InChI=1S/C21H25NO3/c1-14-7-6-12-20(2,3)16(14)11-10-15(23)13-21(25)17-8-4-5-9-18(17)22-19(21)24/h4-5,8-11,25H,6-7,12-13H2,1-3H3,(H,22,24). The number of fused-ring (bicyclic) bond motifs is 1. The first-order chi connectivity index (χ1) is 11.7. The van der Waals surface area contributed by atoms with Crippen LogP contribution >= 0.6 is 0 Å². The summed E-state index contributed by atoms with van der Waals surface area (Å²) in [6.07, 6.45) is 6.45. The number of nitrogens with one attached hydrogen (secondary N) is 1. The van der Waals surface area contributed by atoms with E-state index in [0.29, 0.717) is 11.3 Å². The minimum Gasteiger partial charge on any atom is -0.375 e. The van der Waals surface area contributed by atoms with Crippen molar-refractivity contribution in [2.24, 2.45) is 5.41 Å². The number of hydrogen-bond acceptors (Lipinski definition) is 3. The number of ketones is 1. The highest BCUT2D eigenvalue weighted by molar-refractivity contribution is 6.08. The number of rotatable bonds is 4. The molecule has 0 fully saturated rings. The average molecular weight is 339 g/mol. The molecule has 0 saturated heterocycles. The fourth-order valence-electron chi connectivity index (χ4n) is 3.97. The van der Waals surface area contributed by atoms with Gasteiger partial charge in [0.05, 0.1) is 6.42 Å². The summed E-state index contributed by atoms with van der Waals surface area (Å²) in [5.41, 5.74) is 1.80. The number of benzene rings is 1. The molecule has 1 aliphatic carbocycles. The van der Waals surface area contributed by atoms with E-state index in [9.17, 15) is 14.7 Å². The van der Waals surface area contributed by atoms with Crippen molar-refractivity contribution in [1.82, 2.24) is 0 Å². The van der Waals surface area contributed by atoms with Gasteiger partial charge in [-0.2, -0.15) is 0 Å². The first-order valence-electron chi connectivity index (χ1n) is 8.78. The Morgan fingerprint density at radius 2 is 2.04 bits per heavy atom. The fraction of sp³-hybridized carbons (Fsp3) is 0.429. The van der Waals surface area contributed by atoms with Crippen molar-refractivity contribution >= 4 is 17.4 Å². The summed E-state index contributed by atoms with van der Waals surface area (Å²) in [5.74, 6) is -0.792. The van der Waals surface area contributed by atoms with Gasteiger partial charge in [0.25, 0.3) is 5.91 Å². The minimum absolute atomic E-state index is 0.0490. The third-order valence-corrected chi connectivity index (χ3v) is 5.40. The molecule has 0 spiro atoms. The van der Waals surface area contributed by atoms with E-state index in [1.165, 1.54) is 23.6 Å². The van der Waals surface area contributed by atoms with Crippen molar-refractivity contribution in [2.45, 2.75) is 52.1 Å². The van der Waals surface area contributed by atoms with E-state index < -0.39 is 11.5 Å². The Morgan fingerprint density at radius 3 is 2.76 bits per heavy atom. The number of amides is 1. The fourth-order valence-corrected chi connectivity index (χ4v) is 3.97. The molecule has 2 aliphatic rings. The van der Waals surface area contributed by atoms with Crippen molar-refractivity contribution < 1.29 is 14.7 Å². The number of hydrogen-bond donors (Lipinski definition) is 2. The van der Waals surface area contributed by atoms with Gasteiger partial charge in [0, 0.05) is 11.3 Å². The third kappa shape index (κ3) is 3.19. The van der Waals surface area contributed by atoms with Crippen molar-refractivity contribution in [3.05, 3.63) is 53.1 Å². The molecule has 0 saturated carbocycles. The summed E-state index contributed by atoms with van der Waals surface area (Å²) in [4.78, 5) is 24.7. The smallest absolute Gasteiger partial charge is 0.261 e. The predicted octanol–water partition coefficient (Wildman–Crippen LogP) is 3.87. The van der Waals surface area contributed by atoms with E-state index in [0.717, 1.165) is 12.8 Å². The third-order valence-electron chi connectivity index (χ3n) is 5.40. The van der Waals surface area contributed by atoms with Crippen LogP contribution in [0.25, 0.3) is 0 Å². The molecular weight excluding hydrogens is 314 g/mol. The van der Waals surface area contributed by atoms with E-state index in [2.05, 4.69) is 26.1 Å². The van der Waals surface area contributed by atoms with Crippen LogP contribution in [-0.2, 0) is 15.2 Å². The SMILES string of the molecule is CC1=C(C=CC(=O)CC2(O)C(=O)Nc3ccccc32)C(C)(C)CCC1. The van der Waals surface area contributed by atoms with Crippen molar-refractivity contribution in [3.63, 3.8) is 0 Å². The molecule has 0 aromatic heterocycles. The van der Waals surface area contributed by atoms with Gasteiger partial charge in [-0.1, -0.05) is 43.7 Å². The maximum absolute atomic E-state index is 12.5. The number of carbonyl (C=O) groups excluding carboxylic acids is 2. The number of allylic oxidation sites excluding steroid dienone is 4. The molecule has 0 radical (unpaired) electrons. The lowest BCUT2D eigenvalue weighted by Crippen LogP contribution is -2.36. The molecule has 1 unspecified atom stereocenters. The van der Waals surface area contributed by atoms with Crippen LogP contribution in [0.2, 0.25) is 0 Å². The van der Waals surface area contributed by atoms with Gasteiger partial charge in [-0.25, -0.2) is 0 Å². The van der Waals surface area contributed by atoms with Crippen molar-refractivity contribution in [3.8, 4) is 0 Å². The van der Waals surface area contributed by atoms with E-state index in [4.69, 9.17) is 0 Å².